The quantitative estimate of drug-likeness (QED) is 0.818. The number of carbonyl (C=O) groups is 1. The molecule has 0 aliphatic carbocycles. The number of hydrogen-bond donors (Lipinski definition) is 1. The number of hydrogen-bond acceptors (Lipinski definition) is 3. The molecule has 1 N–H and O–H groups in total. The van der Waals surface area contributed by atoms with E-state index in [9.17, 15) is 9.90 Å². The van der Waals surface area contributed by atoms with E-state index in [4.69, 9.17) is 21.4 Å². The lowest BCUT2D eigenvalue weighted by Crippen LogP contribution is -1.99. The standard InChI is InChI=1S/C11H11ClO4/c1-2-16-9-6-7(3-4-10(13)14)5-8(12)11(9)15/h3-6,15H,2H2,1H3,(H,13,14)/p-1/b4-3+. The third-order valence-corrected chi connectivity index (χ3v) is 2.03. The second-order valence-electron chi connectivity index (χ2n) is 2.93. The Labute approximate surface area is 97.7 Å². The van der Waals surface area contributed by atoms with E-state index >= 15 is 0 Å². The second kappa shape index (κ2) is 5.42. The third-order valence-electron chi connectivity index (χ3n) is 1.75. The lowest BCUT2D eigenvalue weighted by Gasteiger charge is -2.16. The predicted molar refractivity (Wildman–Crippen MR) is 58.7 cm³/mol. The fraction of sp³-hybridized carbons (Fsp3) is 0.182. The maximum Gasteiger partial charge on any atom is 0.328 e. The summed E-state index contributed by atoms with van der Waals surface area (Å²) in [5.41, 5.74) is 0.510. The normalized spacial score (nSPS) is 10.6. The maximum absolute atomic E-state index is 11.5. The summed E-state index contributed by atoms with van der Waals surface area (Å²) in [5.74, 6) is -1.34. The van der Waals surface area contributed by atoms with Crippen LogP contribution in [0.5, 0.6) is 11.5 Å². The molecule has 0 spiro atoms. The van der Waals surface area contributed by atoms with E-state index in [0.29, 0.717) is 12.2 Å². The zero-order valence-electron chi connectivity index (χ0n) is 8.57. The Morgan fingerprint density at radius 1 is 1.62 bits per heavy atom. The molecule has 0 aliphatic heterocycles. The summed E-state index contributed by atoms with van der Waals surface area (Å²) >= 11 is 5.70. The van der Waals surface area contributed by atoms with Crippen molar-refractivity contribution < 1.29 is 19.7 Å². The largest absolute Gasteiger partial charge is 0.869 e. The van der Waals surface area contributed by atoms with Gasteiger partial charge in [-0.3, -0.25) is 0 Å². The molecule has 1 rings (SSSR count). The van der Waals surface area contributed by atoms with Gasteiger partial charge in [0, 0.05) is 11.1 Å². The van der Waals surface area contributed by atoms with Crippen LogP contribution in [0.2, 0.25) is 5.02 Å². The average molecular weight is 242 g/mol. The Hall–Kier alpha value is -1.68. The highest BCUT2D eigenvalue weighted by atomic mass is 35.5. The zero-order chi connectivity index (χ0) is 12.1. The van der Waals surface area contributed by atoms with Gasteiger partial charge in [-0.05, 0) is 36.4 Å². The van der Waals surface area contributed by atoms with Gasteiger partial charge in [0.15, 0.2) is 0 Å². The molecule has 0 saturated heterocycles. The van der Waals surface area contributed by atoms with E-state index in [2.05, 4.69) is 0 Å². The number of benzene rings is 1. The molecule has 1 aromatic carbocycles. The lowest BCUT2D eigenvalue weighted by molar-refractivity contribution is -0.270. The van der Waals surface area contributed by atoms with E-state index < -0.39 is 11.7 Å². The SMILES string of the molecule is CCOc1cc(/C=C/C(=O)O)cc(Cl)c1[O-]. The number of carboxylic acid groups (broad SMARTS) is 1. The molecular formula is C11H10ClO4-. The Morgan fingerprint density at radius 3 is 2.88 bits per heavy atom. The molecule has 0 saturated carbocycles. The van der Waals surface area contributed by atoms with Crippen LogP contribution < -0.4 is 9.84 Å². The van der Waals surface area contributed by atoms with Gasteiger partial charge in [-0.15, -0.1) is 0 Å². The van der Waals surface area contributed by atoms with Crippen LogP contribution in [0.1, 0.15) is 12.5 Å². The molecule has 0 fully saturated rings. The molecule has 0 bridgehead atoms. The minimum atomic E-state index is -1.07. The summed E-state index contributed by atoms with van der Waals surface area (Å²) in [6, 6.07) is 2.85. The van der Waals surface area contributed by atoms with Crippen molar-refractivity contribution in [3.8, 4) is 11.5 Å². The zero-order valence-corrected chi connectivity index (χ0v) is 9.32. The van der Waals surface area contributed by atoms with Crippen molar-refractivity contribution in [2.45, 2.75) is 6.92 Å². The highest BCUT2D eigenvalue weighted by Gasteiger charge is 2.01. The van der Waals surface area contributed by atoms with Gasteiger partial charge in [-0.25, -0.2) is 4.79 Å². The van der Waals surface area contributed by atoms with Crippen LogP contribution in [0.25, 0.3) is 6.08 Å². The summed E-state index contributed by atoms with van der Waals surface area (Å²) in [4.78, 5) is 10.3. The Balaban J connectivity index is 3.08. The first-order chi connectivity index (χ1) is 7.54. The van der Waals surface area contributed by atoms with Crippen molar-refractivity contribution in [3.05, 3.63) is 28.8 Å². The van der Waals surface area contributed by atoms with E-state index in [0.717, 1.165) is 6.08 Å². The second-order valence-corrected chi connectivity index (χ2v) is 3.34. The smallest absolute Gasteiger partial charge is 0.328 e. The minimum absolute atomic E-state index is 0.0102. The van der Waals surface area contributed by atoms with Crippen LogP contribution in [0.4, 0.5) is 0 Å². The summed E-state index contributed by atoms with van der Waals surface area (Å²) in [6.07, 6.45) is 2.31. The van der Waals surface area contributed by atoms with Crippen LogP contribution in [-0.4, -0.2) is 17.7 Å². The van der Waals surface area contributed by atoms with Gasteiger partial charge >= 0.3 is 5.97 Å². The van der Waals surface area contributed by atoms with Gasteiger partial charge in [0.1, 0.15) is 5.75 Å². The molecular weight excluding hydrogens is 232 g/mol. The van der Waals surface area contributed by atoms with Crippen molar-refractivity contribution in [2.24, 2.45) is 0 Å². The summed E-state index contributed by atoms with van der Waals surface area (Å²) in [5, 5.41) is 19.9. The number of aliphatic carboxylic acids is 1. The van der Waals surface area contributed by atoms with Crippen LogP contribution in [0.15, 0.2) is 18.2 Å². The minimum Gasteiger partial charge on any atom is -0.869 e. The Kier molecular flexibility index (Phi) is 4.19. The maximum atomic E-state index is 11.5. The summed E-state index contributed by atoms with van der Waals surface area (Å²) in [7, 11) is 0. The van der Waals surface area contributed by atoms with Gasteiger partial charge in [0.2, 0.25) is 0 Å². The monoisotopic (exact) mass is 241 g/mol. The number of ether oxygens (including phenoxy) is 1. The fourth-order valence-electron chi connectivity index (χ4n) is 1.11. The van der Waals surface area contributed by atoms with E-state index in [1.165, 1.54) is 18.2 Å². The Bertz CT molecular complexity index is 426. The first-order valence-electron chi connectivity index (χ1n) is 4.59. The Morgan fingerprint density at radius 2 is 2.31 bits per heavy atom. The molecule has 0 heterocycles. The molecule has 0 amide bonds. The van der Waals surface area contributed by atoms with Crippen molar-refractivity contribution in [3.63, 3.8) is 0 Å². The molecule has 0 aromatic heterocycles. The topological polar surface area (TPSA) is 69.6 Å². The first-order valence-corrected chi connectivity index (χ1v) is 4.96. The van der Waals surface area contributed by atoms with Gasteiger partial charge in [0.25, 0.3) is 0 Å². The van der Waals surface area contributed by atoms with Crippen LogP contribution in [0, 0.1) is 0 Å². The van der Waals surface area contributed by atoms with Crippen molar-refractivity contribution in [1.29, 1.82) is 0 Å². The number of rotatable bonds is 4. The number of halogens is 1. The molecule has 16 heavy (non-hydrogen) atoms. The van der Waals surface area contributed by atoms with Crippen molar-refractivity contribution in [1.82, 2.24) is 0 Å². The number of carboxylic acids is 1. The molecule has 0 radical (unpaired) electrons. The van der Waals surface area contributed by atoms with Crippen LogP contribution in [0.3, 0.4) is 0 Å². The van der Waals surface area contributed by atoms with Gasteiger partial charge < -0.3 is 14.9 Å². The molecule has 5 heteroatoms. The fourth-order valence-corrected chi connectivity index (χ4v) is 1.33. The van der Waals surface area contributed by atoms with Crippen molar-refractivity contribution in [2.75, 3.05) is 6.61 Å². The van der Waals surface area contributed by atoms with E-state index in [1.54, 1.807) is 6.92 Å². The third kappa shape index (κ3) is 3.17. The van der Waals surface area contributed by atoms with Gasteiger partial charge in [0.05, 0.1) is 6.61 Å². The van der Waals surface area contributed by atoms with Crippen LogP contribution in [-0.2, 0) is 4.79 Å². The highest BCUT2D eigenvalue weighted by Crippen LogP contribution is 2.33. The van der Waals surface area contributed by atoms with Gasteiger partial charge in [-0.1, -0.05) is 11.6 Å². The molecule has 0 atom stereocenters. The lowest BCUT2D eigenvalue weighted by atomic mass is 10.2. The van der Waals surface area contributed by atoms with Gasteiger partial charge in [-0.2, -0.15) is 0 Å². The van der Waals surface area contributed by atoms with E-state index in [-0.39, 0.29) is 10.8 Å². The molecule has 86 valence electrons. The molecule has 1 aromatic rings. The molecule has 0 unspecified atom stereocenters. The molecule has 0 aliphatic rings. The first kappa shape index (κ1) is 12.4. The van der Waals surface area contributed by atoms with Crippen LogP contribution >= 0.6 is 11.6 Å². The summed E-state index contributed by atoms with van der Waals surface area (Å²) < 4.78 is 5.09. The predicted octanol–water partition coefficient (Wildman–Crippen LogP) is 1.91. The summed E-state index contributed by atoms with van der Waals surface area (Å²) in [6.45, 7) is 2.09. The average Bonchev–Trinajstić information content (AvgIpc) is 2.22. The van der Waals surface area contributed by atoms with E-state index in [1.807, 2.05) is 0 Å². The highest BCUT2D eigenvalue weighted by molar-refractivity contribution is 6.32. The molecule has 4 nitrogen and oxygen atoms in total. The van der Waals surface area contributed by atoms with Crippen molar-refractivity contribution >= 4 is 23.6 Å².